The Hall–Kier alpha value is -1.62. The van der Waals surface area contributed by atoms with E-state index in [9.17, 15) is 9.36 Å². The molecule has 1 aromatic rings. The summed E-state index contributed by atoms with van der Waals surface area (Å²) in [5, 5.41) is 11.8. The Morgan fingerprint density at radius 3 is 2.62 bits per heavy atom. The van der Waals surface area contributed by atoms with Gasteiger partial charge in [-0.1, -0.05) is 29.8 Å². The van der Waals surface area contributed by atoms with Crippen molar-refractivity contribution < 1.29 is 23.7 Å². The third-order valence-corrected chi connectivity index (χ3v) is 5.33. The van der Waals surface area contributed by atoms with Crippen molar-refractivity contribution >= 4 is 13.5 Å². The van der Waals surface area contributed by atoms with E-state index in [0.717, 1.165) is 5.57 Å². The number of hydrogen-bond acceptors (Lipinski definition) is 5. The maximum Gasteiger partial charge on any atom is 0.323 e. The summed E-state index contributed by atoms with van der Waals surface area (Å²) in [6.07, 6.45) is 2.46. The Morgan fingerprint density at radius 2 is 2.04 bits per heavy atom. The van der Waals surface area contributed by atoms with Crippen LogP contribution in [0.3, 0.4) is 0 Å². The number of hydrogen-bond donors (Lipinski definition) is 2. The second kappa shape index (κ2) is 10.3. The van der Waals surface area contributed by atoms with Crippen LogP contribution in [0.25, 0.3) is 0 Å². The minimum atomic E-state index is -3.32. The molecule has 2 atom stereocenters. The van der Waals surface area contributed by atoms with Gasteiger partial charge >= 0.3 is 13.5 Å². The lowest BCUT2D eigenvalue weighted by molar-refractivity contribution is -0.144. The van der Waals surface area contributed by atoms with E-state index in [1.54, 1.807) is 51.1 Å². The molecule has 0 spiro atoms. The van der Waals surface area contributed by atoms with Crippen molar-refractivity contribution in [3.63, 3.8) is 0 Å². The second-order valence-electron chi connectivity index (χ2n) is 5.40. The van der Waals surface area contributed by atoms with Gasteiger partial charge in [-0.25, -0.2) is 5.09 Å². The van der Waals surface area contributed by atoms with Crippen LogP contribution in [-0.2, 0) is 14.1 Å². The average Bonchev–Trinajstić information content (AvgIpc) is 2.55. The van der Waals surface area contributed by atoms with Crippen LogP contribution in [0.15, 0.2) is 42.0 Å². The lowest BCUT2D eigenvalue weighted by Gasteiger charge is -2.23. The SMILES string of the molecule is CCOC(=O)[C@H](C)N[P@](=O)(CC/C=C(\C)CO)Oc1ccccc1. The molecule has 0 aliphatic rings. The Balaban J connectivity index is 2.85. The summed E-state index contributed by atoms with van der Waals surface area (Å²) in [6, 6.07) is 8.06. The number of allylic oxidation sites excluding steroid dienone is 1. The largest absolute Gasteiger partial charge is 0.465 e. The molecule has 6 nitrogen and oxygen atoms in total. The van der Waals surface area contributed by atoms with Crippen molar-refractivity contribution in [2.75, 3.05) is 19.4 Å². The van der Waals surface area contributed by atoms with E-state index in [4.69, 9.17) is 14.4 Å². The highest BCUT2D eigenvalue weighted by atomic mass is 31.2. The molecule has 0 fully saturated rings. The average molecular weight is 355 g/mol. The van der Waals surface area contributed by atoms with Gasteiger partial charge in [-0.05, 0) is 39.3 Å². The van der Waals surface area contributed by atoms with Crippen LogP contribution in [0.2, 0.25) is 0 Å². The maximum absolute atomic E-state index is 13.1. The zero-order valence-electron chi connectivity index (χ0n) is 14.4. The van der Waals surface area contributed by atoms with Crippen molar-refractivity contribution in [1.82, 2.24) is 5.09 Å². The molecule has 0 saturated heterocycles. The highest BCUT2D eigenvalue weighted by molar-refractivity contribution is 7.57. The number of carbonyl (C=O) groups excluding carboxylic acids is 1. The summed E-state index contributed by atoms with van der Waals surface area (Å²) < 4.78 is 23.7. The van der Waals surface area contributed by atoms with Crippen LogP contribution >= 0.6 is 7.52 Å². The lowest BCUT2D eigenvalue weighted by Crippen LogP contribution is -2.35. The van der Waals surface area contributed by atoms with E-state index in [1.807, 2.05) is 6.07 Å². The van der Waals surface area contributed by atoms with Gasteiger partial charge in [-0.3, -0.25) is 9.36 Å². The van der Waals surface area contributed by atoms with Gasteiger partial charge in [0, 0.05) is 0 Å². The van der Waals surface area contributed by atoms with Crippen LogP contribution in [0, 0.1) is 0 Å². The van der Waals surface area contributed by atoms with E-state index in [1.165, 1.54) is 0 Å². The van der Waals surface area contributed by atoms with Gasteiger partial charge in [0.25, 0.3) is 0 Å². The molecule has 0 amide bonds. The first-order chi connectivity index (χ1) is 11.4. The molecule has 0 aromatic heterocycles. The minimum Gasteiger partial charge on any atom is -0.465 e. The Morgan fingerprint density at radius 1 is 1.38 bits per heavy atom. The Bertz CT molecular complexity index is 588. The fourth-order valence-electron chi connectivity index (χ4n) is 1.95. The normalized spacial score (nSPS) is 15.4. The first kappa shape index (κ1) is 20.4. The summed E-state index contributed by atoms with van der Waals surface area (Å²) >= 11 is 0. The molecule has 2 N–H and O–H groups in total. The summed E-state index contributed by atoms with van der Waals surface area (Å²) in [7, 11) is -3.32. The van der Waals surface area contributed by atoms with Crippen molar-refractivity contribution in [3.05, 3.63) is 42.0 Å². The number of carbonyl (C=O) groups is 1. The van der Waals surface area contributed by atoms with Gasteiger partial charge in [0.1, 0.15) is 11.8 Å². The molecule has 7 heteroatoms. The van der Waals surface area contributed by atoms with E-state index in [-0.39, 0.29) is 19.4 Å². The van der Waals surface area contributed by atoms with E-state index in [2.05, 4.69) is 5.09 Å². The fourth-order valence-corrected chi connectivity index (χ4v) is 3.85. The third kappa shape index (κ3) is 7.30. The minimum absolute atomic E-state index is 0.0451. The highest BCUT2D eigenvalue weighted by Crippen LogP contribution is 2.44. The van der Waals surface area contributed by atoms with Gasteiger partial charge < -0.3 is 14.4 Å². The molecular formula is C17H26NO5P. The summed E-state index contributed by atoms with van der Waals surface area (Å²) in [5.74, 6) is -0.0104. The first-order valence-electron chi connectivity index (χ1n) is 7.95. The lowest BCUT2D eigenvalue weighted by atomic mass is 10.3. The quantitative estimate of drug-likeness (QED) is 0.381. The Labute approximate surface area is 143 Å². The zero-order valence-corrected chi connectivity index (χ0v) is 15.3. The smallest absolute Gasteiger partial charge is 0.323 e. The second-order valence-corrected chi connectivity index (χ2v) is 7.64. The summed E-state index contributed by atoms with van der Waals surface area (Å²) in [5.41, 5.74) is 0.791. The molecule has 1 aromatic carbocycles. The molecule has 134 valence electrons. The van der Waals surface area contributed by atoms with Crippen LogP contribution in [0.1, 0.15) is 27.2 Å². The van der Waals surface area contributed by atoms with Crippen LogP contribution in [0.4, 0.5) is 0 Å². The van der Waals surface area contributed by atoms with E-state index in [0.29, 0.717) is 12.2 Å². The summed E-state index contributed by atoms with van der Waals surface area (Å²) in [6.45, 7) is 5.31. The first-order valence-corrected chi connectivity index (χ1v) is 9.76. The monoisotopic (exact) mass is 355 g/mol. The number of para-hydroxylation sites is 1. The van der Waals surface area contributed by atoms with Crippen molar-refractivity contribution in [2.24, 2.45) is 0 Å². The van der Waals surface area contributed by atoms with Gasteiger partial charge in [-0.15, -0.1) is 0 Å². The van der Waals surface area contributed by atoms with E-state index < -0.39 is 19.5 Å². The van der Waals surface area contributed by atoms with Gasteiger partial charge in [-0.2, -0.15) is 0 Å². The number of aliphatic hydroxyl groups excluding tert-OH is 1. The van der Waals surface area contributed by atoms with Crippen molar-refractivity contribution in [3.8, 4) is 5.75 Å². The van der Waals surface area contributed by atoms with Gasteiger partial charge in [0.05, 0.1) is 19.4 Å². The predicted octanol–water partition coefficient (Wildman–Crippen LogP) is 3.13. The van der Waals surface area contributed by atoms with Crippen LogP contribution in [-0.4, -0.2) is 36.5 Å². The number of rotatable bonds is 10. The van der Waals surface area contributed by atoms with Crippen molar-refractivity contribution in [2.45, 2.75) is 33.2 Å². The molecule has 0 bridgehead atoms. The number of benzene rings is 1. The molecule has 0 unspecified atom stereocenters. The topological polar surface area (TPSA) is 84.9 Å². The molecule has 0 aliphatic carbocycles. The van der Waals surface area contributed by atoms with Gasteiger partial charge in [0.15, 0.2) is 0 Å². The van der Waals surface area contributed by atoms with Gasteiger partial charge in [0.2, 0.25) is 0 Å². The molecular weight excluding hydrogens is 329 g/mol. The molecule has 0 radical (unpaired) electrons. The van der Waals surface area contributed by atoms with Crippen LogP contribution < -0.4 is 9.61 Å². The number of nitrogens with one attached hydrogen (secondary N) is 1. The highest BCUT2D eigenvalue weighted by Gasteiger charge is 2.29. The fraction of sp³-hybridized carbons (Fsp3) is 0.471. The molecule has 1 rings (SSSR count). The standard InChI is InChI=1S/C17H26NO5P/c1-4-22-17(20)15(3)18-24(21,12-8-9-14(2)13-19)23-16-10-6-5-7-11-16/h5-7,9-11,15,19H,4,8,12-13H2,1-3H3,(H,18,21)/b14-9+/t15-,24-/m0/s1. The zero-order chi connectivity index (χ0) is 18.0. The van der Waals surface area contributed by atoms with E-state index >= 15 is 0 Å². The Kier molecular flexibility index (Phi) is 8.76. The maximum atomic E-state index is 13.1. The molecule has 24 heavy (non-hydrogen) atoms. The third-order valence-electron chi connectivity index (χ3n) is 3.19. The number of esters is 1. The molecule has 0 aliphatic heterocycles. The van der Waals surface area contributed by atoms with Crippen molar-refractivity contribution in [1.29, 1.82) is 0 Å². The molecule has 0 saturated carbocycles. The van der Waals surface area contributed by atoms with Crippen LogP contribution in [0.5, 0.6) is 5.75 Å². The predicted molar refractivity (Wildman–Crippen MR) is 94.2 cm³/mol. The molecule has 0 heterocycles. The summed E-state index contributed by atoms with van der Waals surface area (Å²) in [4.78, 5) is 11.8. The number of aliphatic hydroxyl groups is 1. The number of ether oxygens (including phenoxy) is 1.